The van der Waals surface area contributed by atoms with Crippen molar-refractivity contribution in [3.8, 4) is 0 Å². The summed E-state index contributed by atoms with van der Waals surface area (Å²) in [6.07, 6.45) is 2.03. The van der Waals surface area contributed by atoms with E-state index in [0.717, 1.165) is 5.56 Å². The molecule has 0 aromatic heterocycles. The fourth-order valence-corrected chi connectivity index (χ4v) is 1.61. The number of hydrogen-bond acceptors (Lipinski definition) is 3. The lowest BCUT2D eigenvalue weighted by molar-refractivity contribution is -0.141. The van der Waals surface area contributed by atoms with E-state index < -0.39 is 0 Å². The highest BCUT2D eigenvalue weighted by atomic mass is 32.2. The number of methoxy groups -OCH3 is 1. The summed E-state index contributed by atoms with van der Waals surface area (Å²) in [5.74, 6) is -0.377. The van der Waals surface area contributed by atoms with Crippen molar-refractivity contribution in [1.82, 2.24) is 0 Å². The standard InChI is InChI=1S/C11H14O2S/c1-8(11(12)13-2)9-4-6-10(14-3)7-5-9/h4-8H,1-3H3. The van der Waals surface area contributed by atoms with Crippen LogP contribution in [0.2, 0.25) is 0 Å². The van der Waals surface area contributed by atoms with Crippen molar-refractivity contribution in [3.05, 3.63) is 29.8 Å². The minimum Gasteiger partial charge on any atom is -0.469 e. The zero-order valence-electron chi connectivity index (χ0n) is 8.61. The Morgan fingerprint density at radius 2 is 1.93 bits per heavy atom. The maximum absolute atomic E-state index is 11.2. The average molecular weight is 210 g/mol. The van der Waals surface area contributed by atoms with Crippen molar-refractivity contribution >= 4 is 17.7 Å². The fourth-order valence-electron chi connectivity index (χ4n) is 1.21. The number of carbonyl (C=O) groups is 1. The van der Waals surface area contributed by atoms with Gasteiger partial charge in [0.2, 0.25) is 0 Å². The van der Waals surface area contributed by atoms with E-state index in [1.807, 2.05) is 37.4 Å². The topological polar surface area (TPSA) is 26.3 Å². The van der Waals surface area contributed by atoms with Gasteiger partial charge in [0.15, 0.2) is 0 Å². The average Bonchev–Trinajstić information content (AvgIpc) is 2.27. The SMILES string of the molecule is COC(=O)C(C)c1ccc(SC)cc1. The third kappa shape index (κ3) is 2.51. The molecule has 1 rings (SSSR count). The van der Waals surface area contributed by atoms with Gasteiger partial charge in [0, 0.05) is 4.90 Å². The van der Waals surface area contributed by atoms with Crippen LogP contribution in [-0.4, -0.2) is 19.3 Å². The van der Waals surface area contributed by atoms with Crippen LogP contribution >= 0.6 is 11.8 Å². The molecule has 0 N–H and O–H groups in total. The Balaban J connectivity index is 2.81. The van der Waals surface area contributed by atoms with Gasteiger partial charge >= 0.3 is 5.97 Å². The summed E-state index contributed by atoms with van der Waals surface area (Å²) in [6.45, 7) is 1.85. The largest absolute Gasteiger partial charge is 0.469 e. The monoisotopic (exact) mass is 210 g/mol. The van der Waals surface area contributed by atoms with Gasteiger partial charge in [-0.05, 0) is 30.9 Å². The fraction of sp³-hybridized carbons (Fsp3) is 0.364. The van der Waals surface area contributed by atoms with Crippen molar-refractivity contribution in [2.45, 2.75) is 17.7 Å². The lowest BCUT2D eigenvalue weighted by Crippen LogP contribution is -2.10. The quantitative estimate of drug-likeness (QED) is 0.567. The summed E-state index contributed by atoms with van der Waals surface area (Å²) < 4.78 is 4.68. The number of carbonyl (C=O) groups excluding carboxylic acids is 1. The molecule has 0 spiro atoms. The summed E-state index contributed by atoms with van der Waals surface area (Å²) in [6, 6.07) is 7.96. The third-order valence-electron chi connectivity index (χ3n) is 2.17. The first-order valence-corrected chi connectivity index (χ1v) is 5.63. The van der Waals surface area contributed by atoms with Crippen LogP contribution in [-0.2, 0) is 9.53 Å². The number of rotatable bonds is 3. The summed E-state index contributed by atoms with van der Waals surface area (Å²) >= 11 is 1.69. The number of benzene rings is 1. The first kappa shape index (κ1) is 11.1. The molecular formula is C11H14O2S. The highest BCUT2D eigenvalue weighted by Crippen LogP contribution is 2.20. The van der Waals surface area contributed by atoms with Gasteiger partial charge in [-0.3, -0.25) is 4.79 Å². The molecule has 2 nitrogen and oxygen atoms in total. The molecule has 1 aromatic carbocycles. The maximum atomic E-state index is 11.2. The van der Waals surface area contributed by atoms with Crippen molar-refractivity contribution in [2.75, 3.05) is 13.4 Å². The molecular weight excluding hydrogens is 196 g/mol. The van der Waals surface area contributed by atoms with E-state index in [-0.39, 0.29) is 11.9 Å². The molecule has 0 radical (unpaired) electrons. The Morgan fingerprint density at radius 3 is 2.36 bits per heavy atom. The van der Waals surface area contributed by atoms with E-state index in [1.54, 1.807) is 11.8 Å². The molecule has 0 aliphatic heterocycles. The van der Waals surface area contributed by atoms with Crippen molar-refractivity contribution in [3.63, 3.8) is 0 Å². The van der Waals surface area contributed by atoms with E-state index in [4.69, 9.17) is 0 Å². The van der Waals surface area contributed by atoms with Crippen LogP contribution < -0.4 is 0 Å². The summed E-state index contributed by atoms with van der Waals surface area (Å²) in [4.78, 5) is 12.4. The van der Waals surface area contributed by atoms with Crippen LogP contribution in [0.4, 0.5) is 0 Å². The van der Waals surface area contributed by atoms with Crippen LogP contribution in [0.1, 0.15) is 18.4 Å². The maximum Gasteiger partial charge on any atom is 0.312 e. The second-order valence-corrected chi connectivity index (χ2v) is 3.90. The number of ether oxygens (including phenoxy) is 1. The summed E-state index contributed by atoms with van der Waals surface area (Å²) in [5.41, 5.74) is 0.995. The first-order valence-electron chi connectivity index (χ1n) is 4.40. The van der Waals surface area contributed by atoms with Gasteiger partial charge in [0.25, 0.3) is 0 Å². The zero-order valence-corrected chi connectivity index (χ0v) is 9.43. The molecule has 0 bridgehead atoms. The van der Waals surface area contributed by atoms with Gasteiger partial charge in [-0.15, -0.1) is 11.8 Å². The van der Waals surface area contributed by atoms with Gasteiger partial charge in [-0.2, -0.15) is 0 Å². The first-order chi connectivity index (χ1) is 6.69. The van der Waals surface area contributed by atoms with Gasteiger partial charge < -0.3 is 4.74 Å². The second kappa shape index (κ2) is 5.05. The molecule has 0 aliphatic carbocycles. The van der Waals surface area contributed by atoms with E-state index in [0.29, 0.717) is 0 Å². The van der Waals surface area contributed by atoms with Crippen molar-refractivity contribution < 1.29 is 9.53 Å². The summed E-state index contributed by atoms with van der Waals surface area (Å²) in [5, 5.41) is 0. The highest BCUT2D eigenvalue weighted by molar-refractivity contribution is 7.98. The minimum atomic E-state index is -0.193. The lowest BCUT2D eigenvalue weighted by atomic mass is 10.0. The Bertz CT molecular complexity index is 306. The normalized spacial score (nSPS) is 12.2. The van der Waals surface area contributed by atoms with Gasteiger partial charge in [0.05, 0.1) is 13.0 Å². The highest BCUT2D eigenvalue weighted by Gasteiger charge is 2.14. The predicted octanol–water partition coefficient (Wildman–Crippen LogP) is 2.69. The molecule has 0 saturated heterocycles. The molecule has 14 heavy (non-hydrogen) atoms. The molecule has 0 saturated carbocycles. The lowest BCUT2D eigenvalue weighted by Gasteiger charge is -2.09. The number of hydrogen-bond donors (Lipinski definition) is 0. The zero-order chi connectivity index (χ0) is 10.6. The predicted molar refractivity (Wildman–Crippen MR) is 58.7 cm³/mol. The molecule has 76 valence electrons. The Hall–Kier alpha value is -0.960. The second-order valence-electron chi connectivity index (χ2n) is 3.02. The molecule has 0 fully saturated rings. The smallest absolute Gasteiger partial charge is 0.312 e. The van der Waals surface area contributed by atoms with Crippen LogP contribution in [0.3, 0.4) is 0 Å². The molecule has 1 unspecified atom stereocenters. The van der Waals surface area contributed by atoms with Crippen LogP contribution in [0.5, 0.6) is 0 Å². The molecule has 1 aromatic rings. The van der Waals surface area contributed by atoms with Crippen molar-refractivity contribution in [1.29, 1.82) is 0 Å². The van der Waals surface area contributed by atoms with E-state index in [9.17, 15) is 4.79 Å². The third-order valence-corrected chi connectivity index (χ3v) is 2.91. The number of thioether (sulfide) groups is 1. The van der Waals surface area contributed by atoms with E-state index in [2.05, 4.69) is 4.74 Å². The summed E-state index contributed by atoms with van der Waals surface area (Å²) in [7, 11) is 1.41. The minimum absolute atomic E-state index is 0.184. The molecule has 0 amide bonds. The van der Waals surface area contributed by atoms with E-state index in [1.165, 1.54) is 12.0 Å². The van der Waals surface area contributed by atoms with Crippen molar-refractivity contribution in [2.24, 2.45) is 0 Å². The van der Waals surface area contributed by atoms with Crippen LogP contribution in [0.15, 0.2) is 29.2 Å². The molecule has 0 heterocycles. The van der Waals surface area contributed by atoms with Crippen LogP contribution in [0.25, 0.3) is 0 Å². The molecule has 3 heteroatoms. The Morgan fingerprint density at radius 1 is 1.36 bits per heavy atom. The van der Waals surface area contributed by atoms with E-state index >= 15 is 0 Å². The Labute approximate surface area is 88.7 Å². The van der Waals surface area contributed by atoms with Crippen LogP contribution in [0, 0.1) is 0 Å². The Kier molecular flexibility index (Phi) is 4.01. The van der Waals surface area contributed by atoms with Gasteiger partial charge in [-0.25, -0.2) is 0 Å². The van der Waals surface area contributed by atoms with Gasteiger partial charge in [0.1, 0.15) is 0 Å². The molecule has 0 aliphatic rings. The molecule has 1 atom stereocenters. The number of esters is 1. The van der Waals surface area contributed by atoms with Gasteiger partial charge in [-0.1, -0.05) is 12.1 Å².